The molecule has 0 bridgehead atoms. The van der Waals surface area contributed by atoms with Crippen LogP contribution in [0.15, 0.2) is 53.7 Å². The van der Waals surface area contributed by atoms with Gasteiger partial charge < -0.3 is 5.32 Å². The number of amides is 1. The first-order valence-electron chi connectivity index (χ1n) is 6.59. The Bertz CT molecular complexity index is 558. The zero-order valence-electron chi connectivity index (χ0n) is 12.1. The molecule has 3 nitrogen and oxygen atoms in total. The second-order valence-electron chi connectivity index (χ2n) is 4.73. The molecule has 0 fully saturated rings. The molecule has 1 aromatic carbocycles. The van der Waals surface area contributed by atoms with Crippen LogP contribution in [0.25, 0.3) is 0 Å². The lowest BCUT2D eigenvalue weighted by Crippen LogP contribution is -2.22. The first-order valence-corrected chi connectivity index (χ1v) is 7.47. The molecule has 0 spiro atoms. The van der Waals surface area contributed by atoms with E-state index in [0.717, 1.165) is 5.56 Å². The highest BCUT2D eigenvalue weighted by Gasteiger charge is 2.04. The van der Waals surface area contributed by atoms with Gasteiger partial charge in [0.15, 0.2) is 0 Å². The number of carbonyl (C=O) groups excluding carboxylic acids is 1. The highest BCUT2D eigenvalue weighted by Crippen LogP contribution is 2.22. The van der Waals surface area contributed by atoms with Gasteiger partial charge in [0.05, 0.1) is 5.56 Å². The summed E-state index contributed by atoms with van der Waals surface area (Å²) in [5.41, 5.74) is 1.68. The van der Waals surface area contributed by atoms with Crippen LogP contribution in [0.1, 0.15) is 29.8 Å². The number of benzene rings is 1. The van der Waals surface area contributed by atoms with Crippen LogP contribution in [0.5, 0.6) is 0 Å². The van der Waals surface area contributed by atoms with E-state index in [2.05, 4.69) is 36.3 Å². The van der Waals surface area contributed by atoms with Crippen molar-refractivity contribution in [2.24, 2.45) is 0 Å². The molecule has 1 amide bonds. The Kier molecular flexibility index (Phi) is 7.26. The second kappa shape index (κ2) is 8.70. The van der Waals surface area contributed by atoms with Crippen molar-refractivity contribution in [1.29, 1.82) is 0 Å². The van der Waals surface area contributed by atoms with Crippen molar-refractivity contribution >= 4 is 30.1 Å². The summed E-state index contributed by atoms with van der Waals surface area (Å²) in [4.78, 5) is 17.1. The number of nitrogens with one attached hydrogen (secondary N) is 1. The molecular weight excluding hydrogens is 304 g/mol. The number of halogens is 1. The summed E-state index contributed by atoms with van der Waals surface area (Å²) in [6, 6.07) is 11.8. The summed E-state index contributed by atoms with van der Waals surface area (Å²) in [6.07, 6.45) is 3.22. The Morgan fingerprint density at radius 2 is 1.95 bits per heavy atom. The van der Waals surface area contributed by atoms with Gasteiger partial charge in [-0.05, 0) is 29.8 Å². The van der Waals surface area contributed by atoms with Crippen LogP contribution in [0.4, 0.5) is 0 Å². The number of pyridine rings is 1. The van der Waals surface area contributed by atoms with Gasteiger partial charge in [0.25, 0.3) is 5.91 Å². The number of hydrogen-bond acceptors (Lipinski definition) is 3. The van der Waals surface area contributed by atoms with Gasteiger partial charge in [-0.1, -0.05) is 26.0 Å². The van der Waals surface area contributed by atoms with Crippen LogP contribution in [-0.2, 0) is 6.54 Å². The summed E-state index contributed by atoms with van der Waals surface area (Å²) in [6.45, 7) is 4.87. The highest BCUT2D eigenvalue weighted by atomic mass is 35.5. The minimum absolute atomic E-state index is 0. The molecule has 2 rings (SSSR count). The number of nitrogens with zero attached hydrogens (tertiary/aromatic N) is 1. The molecule has 1 heterocycles. The Morgan fingerprint density at radius 3 is 2.52 bits per heavy atom. The van der Waals surface area contributed by atoms with Crippen molar-refractivity contribution in [2.75, 3.05) is 0 Å². The molecule has 0 aliphatic rings. The number of carbonyl (C=O) groups is 1. The van der Waals surface area contributed by atoms with Crippen LogP contribution in [-0.4, -0.2) is 16.1 Å². The lowest BCUT2D eigenvalue weighted by Gasteiger charge is -2.07. The number of rotatable bonds is 5. The summed E-state index contributed by atoms with van der Waals surface area (Å²) < 4.78 is 0. The molecule has 0 aliphatic carbocycles. The van der Waals surface area contributed by atoms with Crippen LogP contribution in [0.3, 0.4) is 0 Å². The van der Waals surface area contributed by atoms with Gasteiger partial charge in [0, 0.05) is 29.1 Å². The van der Waals surface area contributed by atoms with Gasteiger partial charge in [0.2, 0.25) is 0 Å². The summed E-state index contributed by atoms with van der Waals surface area (Å²) in [5, 5.41) is 3.46. The van der Waals surface area contributed by atoms with E-state index in [1.165, 1.54) is 4.90 Å². The van der Waals surface area contributed by atoms with Gasteiger partial charge in [0.1, 0.15) is 0 Å². The fourth-order valence-electron chi connectivity index (χ4n) is 1.74. The Labute approximate surface area is 136 Å². The van der Waals surface area contributed by atoms with Crippen LogP contribution in [0, 0.1) is 0 Å². The zero-order chi connectivity index (χ0) is 14.4. The lowest BCUT2D eigenvalue weighted by atomic mass is 10.2. The van der Waals surface area contributed by atoms with Gasteiger partial charge in [-0.2, -0.15) is 0 Å². The summed E-state index contributed by atoms with van der Waals surface area (Å²) in [5.74, 6) is -0.0984. The van der Waals surface area contributed by atoms with E-state index < -0.39 is 0 Å². The predicted octanol–water partition coefficient (Wildman–Crippen LogP) is 3.93. The van der Waals surface area contributed by atoms with Crippen molar-refractivity contribution in [2.45, 2.75) is 30.5 Å². The molecule has 1 aromatic heterocycles. The van der Waals surface area contributed by atoms with E-state index in [1.807, 2.05) is 23.9 Å². The first kappa shape index (κ1) is 17.5. The topological polar surface area (TPSA) is 42.0 Å². The van der Waals surface area contributed by atoms with Crippen molar-refractivity contribution in [3.05, 3.63) is 59.9 Å². The molecule has 21 heavy (non-hydrogen) atoms. The molecular formula is C16H19ClN2OS. The molecule has 5 heteroatoms. The molecule has 0 unspecified atom stereocenters. The minimum Gasteiger partial charge on any atom is -0.348 e. The van der Waals surface area contributed by atoms with Crippen molar-refractivity contribution in [1.82, 2.24) is 10.3 Å². The number of hydrogen-bond donors (Lipinski definition) is 1. The maximum atomic E-state index is 11.9. The monoisotopic (exact) mass is 322 g/mol. The van der Waals surface area contributed by atoms with E-state index in [4.69, 9.17) is 0 Å². The Morgan fingerprint density at radius 1 is 1.24 bits per heavy atom. The van der Waals surface area contributed by atoms with Crippen LogP contribution >= 0.6 is 24.2 Å². The third-order valence-electron chi connectivity index (χ3n) is 2.67. The molecule has 0 atom stereocenters. The fraction of sp³-hybridized carbons (Fsp3) is 0.250. The lowest BCUT2D eigenvalue weighted by molar-refractivity contribution is 0.0950. The second-order valence-corrected chi connectivity index (χ2v) is 6.38. The smallest absolute Gasteiger partial charge is 0.253 e. The third kappa shape index (κ3) is 5.78. The van der Waals surface area contributed by atoms with E-state index in [-0.39, 0.29) is 18.3 Å². The van der Waals surface area contributed by atoms with Gasteiger partial charge >= 0.3 is 0 Å². The van der Waals surface area contributed by atoms with Gasteiger partial charge in [-0.15, -0.1) is 24.2 Å². The quantitative estimate of drug-likeness (QED) is 0.848. The zero-order valence-corrected chi connectivity index (χ0v) is 13.7. The molecule has 0 saturated heterocycles. The van der Waals surface area contributed by atoms with Crippen molar-refractivity contribution < 1.29 is 4.79 Å². The Hall–Kier alpha value is -1.52. The normalized spacial score (nSPS) is 10.0. The molecule has 0 radical (unpaired) electrons. The standard InChI is InChI=1S/C16H18N2OS.ClH/c1-12(2)20-15-7-5-13(6-8-15)10-18-16(19)14-4-3-9-17-11-14;/h3-9,11-12H,10H2,1-2H3,(H,18,19);1H. The van der Waals surface area contributed by atoms with E-state index in [1.54, 1.807) is 24.5 Å². The number of aromatic nitrogens is 1. The molecule has 112 valence electrons. The molecule has 2 aromatic rings. The predicted molar refractivity (Wildman–Crippen MR) is 90.1 cm³/mol. The average Bonchev–Trinajstić information content (AvgIpc) is 2.46. The summed E-state index contributed by atoms with van der Waals surface area (Å²) >= 11 is 1.83. The largest absolute Gasteiger partial charge is 0.348 e. The SMILES string of the molecule is CC(C)Sc1ccc(CNC(=O)c2cccnc2)cc1.Cl. The third-order valence-corrected chi connectivity index (χ3v) is 3.69. The molecule has 0 aliphatic heterocycles. The fourth-order valence-corrected chi connectivity index (χ4v) is 2.58. The Balaban J connectivity index is 0.00000220. The first-order chi connectivity index (χ1) is 9.65. The molecule has 0 saturated carbocycles. The maximum absolute atomic E-state index is 11.9. The number of thioether (sulfide) groups is 1. The van der Waals surface area contributed by atoms with Crippen LogP contribution in [0.2, 0.25) is 0 Å². The van der Waals surface area contributed by atoms with Gasteiger partial charge in [-0.3, -0.25) is 9.78 Å². The van der Waals surface area contributed by atoms with E-state index >= 15 is 0 Å². The maximum Gasteiger partial charge on any atom is 0.253 e. The van der Waals surface area contributed by atoms with Gasteiger partial charge in [-0.25, -0.2) is 0 Å². The van der Waals surface area contributed by atoms with E-state index in [0.29, 0.717) is 17.4 Å². The van der Waals surface area contributed by atoms with Crippen LogP contribution < -0.4 is 5.32 Å². The average molecular weight is 323 g/mol. The minimum atomic E-state index is -0.0984. The van der Waals surface area contributed by atoms with Crippen molar-refractivity contribution in [3.8, 4) is 0 Å². The van der Waals surface area contributed by atoms with Crippen molar-refractivity contribution in [3.63, 3.8) is 0 Å². The van der Waals surface area contributed by atoms with E-state index in [9.17, 15) is 4.79 Å². The molecule has 1 N–H and O–H groups in total. The highest BCUT2D eigenvalue weighted by molar-refractivity contribution is 7.99. The summed E-state index contributed by atoms with van der Waals surface area (Å²) in [7, 11) is 0.